The largest absolute Gasteiger partial charge is 0.503 e. The lowest BCUT2D eigenvalue weighted by molar-refractivity contribution is 0.0335. The maximum absolute atomic E-state index is 13.6. The number of aromatic hydroxyl groups is 1. The van der Waals surface area contributed by atoms with Crippen LogP contribution >= 0.6 is 0 Å². The topological polar surface area (TPSA) is 114 Å². The van der Waals surface area contributed by atoms with Crippen molar-refractivity contribution in [3.05, 3.63) is 53.2 Å². The van der Waals surface area contributed by atoms with Crippen LogP contribution in [0.25, 0.3) is 11.6 Å². The van der Waals surface area contributed by atoms with Crippen LogP contribution in [-0.2, 0) is 5.41 Å². The van der Waals surface area contributed by atoms with E-state index >= 15 is 0 Å². The summed E-state index contributed by atoms with van der Waals surface area (Å²) in [5, 5.41) is 16.1. The quantitative estimate of drug-likeness (QED) is 0.489. The third-order valence-electron chi connectivity index (χ3n) is 7.32. The van der Waals surface area contributed by atoms with Crippen LogP contribution < -0.4 is 5.32 Å². The summed E-state index contributed by atoms with van der Waals surface area (Å²) in [5.41, 5.74) is -0.841. The van der Waals surface area contributed by atoms with Gasteiger partial charge in [-0.1, -0.05) is 5.16 Å². The van der Waals surface area contributed by atoms with Crippen LogP contribution in [0.5, 0.6) is 5.75 Å². The summed E-state index contributed by atoms with van der Waals surface area (Å²) < 4.78 is 57.9. The number of benzene rings is 1. The van der Waals surface area contributed by atoms with Gasteiger partial charge in [0.15, 0.2) is 23.2 Å². The number of halogens is 4. The fourth-order valence-corrected chi connectivity index (χ4v) is 5.03. The first-order valence-corrected chi connectivity index (χ1v) is 11.1. The van der Waals surface area contributed by atoms with Crippen molar-refractivity contribution < 1.29 is 32.0 Å². The normalized spacial score (nSPS) is 23.6. The predicted octanol–water partition coefficient (Wildman–Crippen LogP) is 4.47. The van der Waals surface area contributed by atoms with E-state index in [2.05, 4.69) is 25.4 Å². The lowest BCUT2D eigenvalue weighted by Gasteiger charge is -2.52. The summed E-state index contributed by atoms with van der Waals surface area (Å²) in [6, 6.07) is 1.61. The molecule has 6 rings (SSSR count). The fourth-order valence-electron chi connectivity index (χ4n) is 5.03. The molecule has 35 heavy (non-hydrogen) atoms. The average Bonchev–Trinajstić information content (AvgIpc) is 3.38. The number of amides is 1. The second-order valence-corrected chi connectivity index (χ2v) is 9.30. The van der Waals surface area contributed by atoms with E-state index < -0.39 is 35.4 Å². The van der Waals surface area contributed by atoms with Gasteiger partial charge >= 0.3 is 0 Å². The Labute approximate surface area is 196 Å². The highest BCUT2D eigenvalue weighted by Crippen LogP contribution is 2.57. The van der Waals surface area contributed by atoms with Crippen molar-refractivity contribution >= 4 is 5.91 Å². The van der Waals surface area contributed by atoms with Gasteiger partial charge in [-0.15, -0.1) is 0 Å². The first kappa shape index (κ1) is 23.2. The molecule has 2 bridgehead atoms. The summed E-state index contributed by atoms with van der Waals surface area (Å²) in [7, 11) is 0. The Balaban J connectivity index is 1.23. The molecule has 3 saturated carbocycles. The molecule has 3 fully saturated rings. The standard InChI is InChI=1S/C23H21F4N5O3/c24-13-7-12(8-14(25)17(13)33)19(34)30-11-22-1-4-23(5-2-22,6-3-22)21-31-20(35-32-21)16-10-28-15(9-29-16)18(26)27/h7-10,18,33H,1-6,11H2,(H,30,34)/t22-,23+. The molecule has 0 saturated heterocycles. The number of rotatable bonds is 6. The summed E-state index contributed by atoms with van der Waals surface area (Å²) in [5.74, 6) is -3.45. The van der Waals surface area contributed by atoms with E-state index in [1.807, 2.05) is 0 Å². The Morgan fingerprint density at radius 3 is 2.29 bits per heavy atom. The second kappa shape index (κ2) is 8.58. The summed E-state index contributed by atoms with van der Waals surface area (Å²) in [6.07, 6.45) is 4.10. The molecule has 184 valence electrons. The predicted molar refractivity (Wildman–Crippen MR) is 112 cm³/mol. The molecule has 3 aliphatic rings. The fraction of sp³-hybridized carbons (Fsp3) is 0.435. The van der Waals surface area contributed by atoms with Gasteiger partial charge in [-0.25, -0.2) is 22.5 Å². The number of nitrogens with one attached hydrogen (secondary N) is 1. The van der Waals surface area contributed by atoms with E-state index in [4.69, 9.17) is 4.52 Å². The van der Waals surface area contributed by atoms with Crippen molar-refractivity contribution in [1.82, 2.24) is 25.4 Å². The first-order chi connectivity index (χ1) is 16.7. The maximum Gasteiger partial charge on any atom is 0.281 e. The third kappa shape index (κ3) is 4.21. The summed E-state index contributed by atoms with van der Waals surface area (Å²) in [6.45, 7) is 0.357. The number of aromatic nitrogens is 4. The maximum atomic E-state index is 13.6. The number of phenols is 1. The molecule has 1 aromatic carbocycles. The number of carbonyl (C=O) groups excluding carboxylic acids is 1. The van der Waals surface area contributed by atoms with Gasteiger partial charge in [0.25, 0.3) is 18.2 Å². The number of phenolic OH excluding ortho intramolecular Hbond substituents is 1. The van der Waals surface area contributed by atoms with Crippen molar-refractivity contribution in [2.45, 2.75) is 50.4 Å². The van der Waals surface area contributed by atoms with Gasteiger partial charge in [0.1, 0.15) is 11.4 Å². The highest BCUT2D eigenvalue weighted by atomic mass is 19.3. The zero-order chi connectivity index (χ0) is 24.8. The Kier molecular flexibility index (Phi) is 5.68. The summed E-state index contributed by atoms with van der Waals surface area (Å²) >= 11 is 0. The molecule has 1 amide bonds. The van der Waals surface area contributed by atoms with E-state index in [1.165, 1.54) is 6.20 Å². The molecule has 2 heterocycles. The van der Waals surface area contributed by atoms with Crippen molar-refractivity contribution in [3.8, 4) is 17.3 Å². The van der Waals surface area contributed by atoms with Crippen LogP contribution in [-0.4, -0.2) is 37.7 Å². The van der Waals surface area contributed by atoms with Crippen LogP contribution in [0.2, 0.25) is 0 Å². The molecule has 0 spiro atoms. The Morgan fingerprint density at radius 1 is 1.06 bits per heavy atom. The highest BCUT2D eigenvalue weighted by Gasteiger charge is 2.51. The molecule has 0 unspecified atom stereocenters. The Hall–Kier alpha value is -3.57. The van der Waals surface area contributed by atoms with E-state index in [9.17, 15) is 27.5 Å². The van der Waals surface area contributed by atoms with Crippen LogP contribution in [0, 0.1) is 17.0 Å². The van der Waals surface area contributed by atoms with Gasteiger partial charge in [0.2, 0.25) is 0 Å². The van der Waals surface area contributed by atoms with Gasteiger partial charge in [0.05, 0.1) is 12.4 Å². The minimum absolute atomic E-state index is 0.116. The number of alkyl halides is 2. The van der Waals surface area contributed by atoms with Crippen LogP contribution in [0.1, 0.15) is 66.8 Å². The molecule has 2 N–H and O–H groups in total. The minimum atomic E-state index is -2.72. The number of hydrogen-bond acceptors (Lipinski definition) is 7. The Bertz CT molecular complexity index is 1220. The number of hydrogen-bond donors (Lipinski definition) is 2. The van der Waals surface area contributed by atoms with Crippen molar-refractivity contribution in [1.29, 1.82) is 0 Å². The molecule has 3 aromatic rings. The van der Waals surface area contributed by atoms with E-state index in [0.29, 0.717) is 12.4 Å². The molecule has 0 aliphatic heterocycles. The smallest absolute Gasteiger partial charge is 0.281 e. The van der Waals surface area contributed by atoms with Crippen LogP contribution in [0.4, 0.5) is 17.6 Å². The molecule has 3 aliphatic carbocycles. The van der Waals surface area contributed by atoms with Crippen molar-refractivity contribution in [2.24, 2.45) is 5.41 Å². The first-order valence-electron chi connectivity index (χ1n) is 11.1. The number of fused-ring (bicyclic) bond motifs is 3. The lowest BCUT2D eigenvalue weighted by atomic mass is 9.53. The van der Waals surface area contributed by atoms with E-state index in [1.54, 1.807) is 0 Å². The SMILES string of the molecule is O=C(NC[C@]12CC[C@](c3noc(-c4cnc(C(F)F)cn4)n3)(CC1)CC2)c1cc(F)c(O)c(F)c1. The zero-order valence-corrected chi connectivity index (χ0v) is 18.4. The van der Waals surface area contributed by atoms with Gasteiger partial charge in [-0.3, -0.25) is 9.78 Å². The molecule has 12 heteroatoms. The molecular weight excluding hydrogens is 470 g/mol. The van der Waals surface area contributed by atoms with E-state index in [-0.39, 0.29) is 28.0 Å². The minimum Gasteiger partial charge on any atom is -0.503 e. The highest BCUT2D eigenvalue weighted by molar-refractivity contribution is 5.94. The van der Waals surface area contributed by atoms with Gasteiger partial charge in [-0.2, -0.15) is 4.98 Å². The summed E-state index contributed by atoms with van der Waals surface area (Å²) in [4.78, 5) is 24.5. The van der Waals surface area contributed by atoms with Gasteiger partial charge < -0.3 is 14.9 Å². The zero-order valence-electron chi connectivity index (χ0n) is 18.4. The monoisotopic (exact) mass is 491 g/mol. The molecule has 8 nitrogen and oxygen atoms in total. The molecule has 0 radical (unpaired) electrons. The second-order valence-electron chi connectivity index (χ2n) is 9.30. The average molecular weight is 491 g/mol. The van der Waals surface area contributed by atoms with Crippen molar-refractivity contribution in [2.75, 3.05) is 6.54 Å². The van der Waals surface area contributed by atoms with Crippen molar-refractivity contribution in [3.63, 3.8) is 0 Å². The number of nitrogens with zero attached hydrogens (tertiary/aromatic N) is 4. The molecular formula is C23H21F4N5O3. The lowest BCUT2D eigenvalue weighted by Crippen LogP contribution is -2.49. The van der Waals surface area contributed by atoms with Gasteiger partial charge in [-0.05, 0) is 56.1 Å². The van der Waals surface area contributed by atoms with Gasteiger partial charge in [0, 0.05) is 17.5 Å². The number of carbonyl (C=O) groups is 1. The van der Waals surface area contributed by atoms with Crippen LogP contribution in [0.3, 0.4) is 0 Å². The Morgan fingerprint density at radius 2 is 1.71 bits per heavy atom. The third-order valence-corrected chi connectivity index (χ3v) is 7.32. The molecule has 0 atom stereocenters. The molecule has 2 aromatic heterocycles. The van der Waals surface area contributed by atoms with E-state index in [0.717, 1.165) is 56.9 Å². The van der Waals surface area contributed by atoms with Crippen LogP contribution in [0.15, 0.2) is 29.0 Å².